The van der Waals surface area contributed by atoms with E-state index >= 15 is 0 Å². The summed E-state index contributed by atoms with van der Waals surface area (Å²) in [7, 11) is 0. The number of Topliss-reactive ketones (excluding diaryl/α,β-unsaturated/α-hetero) is 1. The maximum absolute atomic E-state index is 12.3. The normalized spacial score (nSPS) is 17.7. The summed E-state index contributed by atoms with van der Waals surface area (Å²) < 4.78 is 0. The van der Waals surface area contributed by atoms with Gasteiger partial charge in [0.1, 0.15) is 11.9 Å². The molecular weight excluding hydrogens is 276 g/mol. The highest BCUT2D eigenvalue weighted by molar-refractivity contribution is 6.46. The first-order valence-electron chi connectivity index (χ1n) is 7.21. The molecule has 4 N–H and O–H groups in total. The lowest BCUT2D eigenvalue weighted by Crippen LogP contribution is -2.37. The molecule has 0 radical (unpaired) electrons. The van der Waals surface area contributed by atoms with Crippen LogP contribution < -0.4 is 11.1 Å². The molecule has 1 aromatic rings. The number of aryl methyl sites for hydroxylation is 1. The van der Waals surface area contributed by atoms with Crippen LogP contribution in [0.15, 0.2) is 29.4 Å². The van der Waals surface area contributed by atoms with Crippen molar-refractivity contribution in [2.24, 2.45) is 16.1 Å². The molecule has 1 unspecified atom stereocenters. The van der Waals surface area contributed by atoms with Gasteiger partial charge in [-0.05, 0) is 18.6 Å². The standard InChI is InChI=1S/C17H22N4O/c1-10-5-6-11(15(19)16(22)17(2,3)4)7-12(10)13-8-21-14(18)9-20-13/h5-9,14,19,21H,18H2,1-4H3. The highest BCUT2D eigenvalue weighted by Crippen LogP contribution is 2.24. The molecule has 1 atom stereocenters. The molecule has 22 heavy (non-hydrogen) atoms. The van der Waals surface area contributed by atoms with Crippen LogP contribution in [-0.2, 0) is 4.79 Å². The van der Waals surface area contributed by atoms with E-state index in [1.54, 1.807) is 18.5 Å². The number of nitrogens with zero attached hydrogens (tertiary/aromatic N) is 1. The summed E-state index contributed by atoms with van der Waals surface area (Å²) in [6, 6.07) is 5.54. The molecule has 1 aromatic carbocycles. The van der Waals surface area contributed by atoms with Crippen molar-refractivity contribution in [3.8, 4) is 0 Å². The Morgan fingerprint density at radius 3 is 2.59 bits per heavy atom. The number of ketones is 1. The molecule has 0 fully saturated rings. The molecule has 1 heterocycles. The Morgan fingerprint density at radius 2 is 2.05 bits per heavy atom. The van der Waals surface area contributed by atoms with Gasteiger partial charge in [0, 0.05) is 29.0 Å². The Hall–Kier alpha value is -2.27. The summed E-state index contributed by atoms with van der Waals surface area (Å²) in [5.74, 6) is -0.177. The molecule has 1 aliphatic heterocycles. The molecule has 116 valence electrons. The third-order valence-electron chi connectivity index (χ3n) is 3.50. The van der Waals surface area contributed by atoms with Gasteiger partial charge in [-0.2, -0.15) is 0 Å². The summed E-state index contributed by atoms with van der Waals surface area (Å²) in [6.07, 6.45) is 3.10. The van der Waals surface area contributed by atoms with E-state index in [0.717, 1.165) is 16.8 Å². The van der Waals surface area contributed by atoms with Crippen LogP contribution >= 0.6 is 0 Å². The van der Waals surface area contributed by atoms with Gasteiger partial charge in [-0.25, -0.2) is 0 Å². The Kier molecular flexibility index (Phi) is 4.28. The molecule has 0 saturated heterocycles. The number of carbonyl (C=O) groups excluding carboxylic acids is 1. The number of nitrogens with two attached hydrogens (primary N) is 1. The number of rotatable bonds is 3. The van der Waals surface area contributed by atoms with Crippen LogP contribution in [0.3, 0.4) is 0 Å². The molecule has 2 rings (SSSR count). The fourth-order valence-electron chi connectivity index (χ4n) is 2.12. The Labute approximate surface area is 130 Å². The molecule has 5 heteroatoms. The second-order valence-corrected chi connectivity index (χ2v) is 6.48. The van der Waals surface area contributed by atoms with Gasteiger partial charge in [-0.3, -0.25) is 15.2 Å². The van der Waals surface area contributed by atoms with E-state index in [1.807, 2.05) is 39.8 Å². The first kappa shape index (κ1) is 16.1. The van der Waals surface area contributed by atoms with Crippen molar-refractivity contribution in [1.29, 1.82) is 5.41 Å². The number of benzene rings is 1. The second kappa shape index (κ2) is 5.85. The minimum absolute atomic E-state index is 0.0267. The highest BCUT2D eigenvalue weighted by Gasteiger charge is 2.26. The van der Waals surface area contributed by atoms with Crippen LogP contribution in [-0.4, -0.2) is 23.9 Å². The molecule has 0 bridgehead atoms. The average molecular weight is 298 g/mol. The topological polar surface area (TPSA) is 91.3 Å². The average Bonchev–Trinajstić information content (AvgIpc) is 2.46. The molecular formula is C17H22N4O. The van der Waals surface area contributed by atoms with E-state index in [9.17, 15) is 4.79 Å². The van der Waals surface area contributed by atoms with Gasteiger partial charge in [-0.1, -0.05) is 32.9 Å². The zero-order valence-corrected chi connectivity index (χ0v) is 13.4. The van der Waals surface area contributed by atoms with Crippen molar-refractivity contribution in [2.75, 3.05) is 0 Å². The molecule has 0 aromatic heterocycles. The molecule has 0 aliphatic carbocycles. The minimum Gasteiger partial charge on any atom is -0.370 e. The van der Waals surface area contributed by atoms with E-state index in [-0.39, 0.29) is 17.7 Å². The lowest BCUT2D eigenvalue weighted by Gasteiger charge is -2.19. The van der Waals surface area contributed by atoms with Crippen molar-refractivity contribution < 1.29 is 4.79 Å². The molecule has 5 nitrogen and oxygen atoms in total. The van der Waals surface area contributed by atoms with Crippen molar-refractivity contribution in [3.63, 3.8) is 0 Å². The van der Waals surface area contributed by atoms with E-state index in [0.29, 0.717) is 5.56 Å². The van der Waals surface area contributed by atoms with Crippen molar-refractivity contribution in [2.45, 2.75) is 33.9 Å². The Morgan fingerprint density at radius 1 is 1.36 bits per heavy atom. The second-order valence-electron chi connectivity index (χ2n) is 6.48. The molecule has 0 amide bonds. The van der Waals surface area contributed by atoms with Gasteiger partial charge in [0.25, 0.3) is 0 Å². The quantitative estimate of drug-likeness (QED) is 0.747. The molecule has 1 aliphatic rings. The highest BCUT2D eigenvalue weighted by atomic mass is 16.1. The lowest BCUT2D eigenvalue weighted by atomic mass is 9.85. The van der Waals surface area contributed by atoms with Gasteiger partial charge >= 0.3 is 0 Å². The minimum atomic E-state index is -0.571. The van der Waals surface area contributed by atoms with Crippen LogP contribution in [0, 0.1) is 17.7 Å². The van der Waals surface area contributed by atoms with Crippen molar-refractivity contribution in [3.05, 3.63) is 41.1 Å². The Balaban J connectivity index is 2.38. The van der Waals surface area contributed by atoms with Gasteiger partial charge in [0.2, 0.25) is 0 Å². The van der Waals surface area contributed by atoms with E-state index in [4.69, 9.17) is 11.1 Å². The van der Waals surface area contributed by atoms with E-state index in [2.05, 4.69) is 10.3 Å². The lowest BCUT2D eigenvalue weighted by molar-refractivity contribution is -0.119. The number of aliphatic imine (C=N–C) groups is 1. The van der Waals surface area contributed by atoms with Crippen molar-refractivity contribution >= 4 is 23.4 Å². The number of hydrogen-bond donors (Lipinski definition) is 3. The van der Waals surface area contributed by atoms with Gasteiger partial charge in [0.15, 0.2) is 5.78 Å². The maximum atomic E-state index is 12.3. The fourth-order valence-corrected chi connectivity index (χ4v) is 2.12. The predicted molar refractivity (Wildman–Crippen MR) is 90.0 cm³/mol. The zero-order valence-electron chi connectivity index (χ0n) is 13.4. The van der Waals surface area contributed by atoms with Gasteiger partial charge < -0.3 is 11.1 Å². The van der Waals surface area contributed by atoms with Crippen LogP contribution in [0.5, 0.6) is 0 Å². The van der Waals surface area contributed by atoms with Crippen LogP contribution in [0.25, 0.3) is 5.70 Å². The van der Waals surface area contributed by atoms with E-state index < -0.39 is 5.41 Å². The summed E-state index contributed by atoms with van der Waals surface area (Å²) in [6.45, 7) is 7.42. The first-order valence-corrected chi connectivity index (χ1v) is 7.21. The van der Waals surface area contributed by atoms with Crippen LogP contribution in [0.2, 0.25) is 0 Å². The summed E-state index contributed by atoms with van der Waals surface area (Å²) in [4.78, 5) is 16.6. The summed E-state index contributed by atoms with van der Waals surface area (Å²) in [5, 5.41) is 11.2. The monoisotopic (exact) mass is 298 g/mol. The molecule has 0 saturated carbocycles. The largest absolute Gasteiger partial charge is 0.370 e. The number of carbonyl (C=O) groups is 1. The van der Waals surface area contributed by atoms with Crippen LogP contribution in [0.1, 0.15) is 37.5 Å². The molecule has 0 spiro atoms. The summed E-state index contributed by atoms with van der Waals surface area (Å²) in [5.41, 5.74) is 8.42. The zero-order chi connectivity index (χ0) is 16.5. The Bertz CT molecular complexity index is 680. The summed E-state index contributed by atoms with van der Waals surface area (Å²) >= 11 is 0. The third kappa shape index (κ3) is 3.31. The van der Waals surface area contributed by atoms with Gasteiger partial charge in [0.05, 0.1) is 5.70 Å². The first-order chi connectivity index (χ1) is 10.2. The van der Waals surface area contributed by atoms with Crippen LogP contribution in [0.4, 0.5) is 0 Å². The fraction of sp³-hybridized carbons (Fsp3) is 0.353. The van der Waals surface area contributed by atoms with Gasteiger partial charge in [-0.15, -0.1) is 0 Å². The predicted octanol–water partition coefficient (Wildman–Crippen LogP) is 2.24. The maximum Gasteiger partial charge on any atom is 0.186 e. The van der Waals surface area contributed by atoms with E-state index in [1.165, 1.54) is 0 Å². The third-order valence-corrected chi connectivity index (χ3v) is 3.50. The van der Waals surface area contributed by atoms with Crippen molar-refractivity contribution in [1.82, 2.24) is 5.32 Å². The number of nitrogens with one attached hydrogen (secondary N) is 2. The smallest absolute Gasteiger partial charge is 0.186 e. The number of hydrogen-bond acceptors (Lipinski definition) is 5. The SMILES string of the molecule is Cc1ccc(C(=N)C(=O)C(C)(C)C)cc1C1=CNC(N)C=N1.